The number of rotatable bonds is 14. The number of allylic oxidation sites excluding steroid dienone is 1. The van der Waals surface area contributed by atoms with E-state index in [4.69, 9.17) is 4.74 Å². The van der Waals surface area contributed by atoms with Gasteiger partial charge in [-0.15, -0.1) is 0 Å². The Morgan fingerprint density at radius 1 is 1.17 bits per heavy atom. The largest absolute Gasteiger partial charge is 0.443 e. The number of urea groups is 1. The van der Waals surface area contributed by atoms with Gasteiger partial charge in [0.25, 0.3) is 12.2 Å². The van der Waals surface area contributed by atoms with Crippen molar-refractivity contribution in [2.45, 2.75) is 97.3 Å². The van der Waals surface area contributed by atoms with Crippen molar-refractivity contribution in [3.05, 3.63) is 40.7 Å². The van der Waals surface area contributed by atoms with E-state index in [1.807, 2.05) is 32.3 Å². The van der Waals surface area contributed by atoms with Gasteiger partial charge < -0.3 is 10.1 Å². The maximum Gasteiger partial charge on any atom is 0.408 e. The van der Waals surface area contributed by atoms with Gasteiger partial charge in [0.15, 0.2) is 0 Å². The highest BCUT2D eigenvalue weighted by Gasteiger charge is 2.43. The summed E-state index contributed by atoms with van der Waals surface area (Å²) in [6, 6.07) is 2.53. The molecular formula is C29H43N6O5S. The molecule has 3 N–H and O–H groups in total. The standard InChI is InChI=1S/C29H43N6O5S/c1-6-7-8-21-9-10-22(30-14-21)17-40-28(39)31-25(13-19(2)3)26(37)32-33-27(38)35-24(16-36)18-41-29(35)34(15-20(4)5)23-11-12-23/h9-10,14,18-20,23,25,29H,6-8,11-13,15,17H2,1-5H3,(H,31,39)(H,32,37)(H,33,38)/t25-,29?/m0/s1. The summed E-state index contributed by atoms with van der Waals surface area (Å²) >= 11 is 1.37. The minimum absolute atomic E-state index is 0.0359. The summed E-state index contributed by atoms with van der Waals surface area (Å²) in [6.07, 6.45) is 8.38. The molecule has 2 aliphatic rings. The number of hydrazine groups is 1. The van der Waals surface area contributed by atoms with Crippen molar-refractivity contribution in [1.82, 2.24) is 31.0 Å². The monoisotopic (exact) mass is 587 g/mol. The topological polar surface area (TPSA) is 133 Å². The smallest absolute Gasteiger partial charge is 0.408 e. The average molecular weight is 588 g/mol. The molecule has 3 rings (SSSR count). The number of carbonyl (C=O) groups is 3. The number of nitrogens with one attached hydrogen (secondary N) is 3. The van der Waals surface area contributed by atoms with Gasteiger partial charge >= 0.3 is 12.1 Å². The minimum atomic E-state index is -0.951. The Balaban J connectivity index is 1.56. The molecule has 1 unspecified atom stereocenters. The molecule has 2 heterocycles. The summed E-state index contributed by atoms with van der Waals surface area (Å²) in [4.78, 5) is 58.2. The molecule has 0 spiro atoms. The Labute approximate surface area is 247 Å². The molecule has 12 heteroatoms. The number of ether oxygens (including phenoxy) is 1. The number of pyridine rings is 1. The summed E-state index contributed by atoms with van der Waals surface area (Å²) in [6.45, 7) is 10.9. The molecule has 2 atom stereocenters. The number of aromatic nitrogens is 1. The third-order valence-electron chi connectivity index (χ3n) is 6.65. The van der Waals surface area contributed by atoms with Crippen LogP contribution >= 0.6 is 11.8 Å². The molecule has 225 valence electrons. The molecule has 1 saturated carbocycles. The number of hydrogen-bond acceptors (Lipinski definition) is 8. The number of thioether (sulfide) groups is 1. The number of alkyl carbamates (subject to hydrolysis) is 1. The third-order valence-corrected chi connectivity index (χ3v) is 7.73. The number of carbonyl (C=O) groups excluding carboxylic acids is 4. The van der Waals surface area contributed by atoms with E-state index in [2.05, 4.69) is 46.8 Å². The quantitative estimate of drug-likeness (QED) is 0.276. The second-order valence-electron chi connectivity index (χ2n) is 11.3. The van der Waals surface area contributed by atoms with Gasteiger partial charge in [-0.3, -0.25) is 29.8 Å². The fourth-order valence-electron chi connectivity index (χ4n) is 4.48. The second-order valence-corrected chi connectivity index (χ2v) is 12.3. The maximum absolute atomic E-state index is 13.2. The number of hydrogen-bond donors (Lipinski definition) is 3. The maximum atomic E-state index is 13.2. The highest BCUT2D eigenvalue weighted by Crippen LogP contribution is 2.39. The first kappa shape index (κ1) is 32.4. The van der Waals surface area contributed by atoms with E-state index in [1.54, 1.807) is 11.6 Å². The summed E-state index contributed by atoms with van der Waals surface area (Å²) in [5.41, 5.74) is 6.25. The third kappa shape index (κ3) is 10.0. The summed E-state index contributed by atoms with van der Waals surface area (Å²) in [5, 5.41) is 4.20. The molecule has 0 bridgehead atoms. The molecule has 1 radical (unpaired) electrons. The molecule has 1 aromatic rings. The first-order valence-electron chi connectivity index (χ1n) is 14.4. The number of nitrogens with zero attached hydrogens (tertiary/aromatic N) is 3. The highest BCUT2D eigenvalue weighted by molar-refractivity contribution is 8.02. The van der Waals surface area contributed by atoms with E-state index in [9.17, 15) is 19.2 Å². The predicted molar refractivity (Wildman–Crippen MR) is 158 cm³/mol. The lowest BCUT2D eigenvalue weighted by Crippen LogP contribution is -2.58. The zero-order valence-corrected chi connectivity index (χ0v) is 25.5. The predicted octanol–water partition coefficient (Wildman–Crippen LogP) is 4.21. The Morgan fingerprint density at radius 3 is 2.51 bits per heavy atom. The summed E-state index contributed by atoms with van der Waals surface area (Å²) < 4.78 is 5.30. The highest BCUT2D eigenvalue weighted by atomic mass is 32.2. The van der Waals surface area contributed by atoms with E-state index >= 15 is 0 Å². The van der Waals surface area contributed by atoms with Gasteiger partial charge in [-0.1, -0.05) is 58.9 Å². The van der Waals surface area contributed by atoms with Gasteiger partial charge in [-0.05, 0) is 55.6 Å². The lowest BCUT2D eigenvalue weighted by atomic mass is 10.0. The fourth-order valence-corrected chi connectivity index (χ4v) is 5.63. The molecule has 0 saturated heterocycles. The van der Waals surface area contributed by atoms with Crippen LogP contribution < -0.4 is 16.2 Å². The Kier molecular flexibility index (Phi) is 12.5. The average Bonchev–Trinajstić information content (AvgIpc) is 3.70. The van der Waals surface area contributed by atoms with E-state index in [-0.39, 0.29) is 18.2 Å². The molecule has 0 aromatic carbocycles. The van der Waals surface area contributed by atoms with Crippen molar-refractivity contribution in [2.24, 2.45) is 11.8 Å². The number of aryl methyl sites for hydroxylation is 1. The Morgan fingerprint density at radius 2 is 1.93 bits per heavy atom. The van der Waals surface area contributed by atoms with Gasteiger partial charge in [0, 0.05) is 24.2 Å². The van der Waals surface area contributed by atoms with Crippen LogP contribution in [0.4, 0.5) is 9.59 Å². The van der Waals surface area contributed by atoms with Crippen LogP contribution in [0.2, 0.25) is 0 Å². The van der Waals surface area contributed by atoms with Crippen LogP contribution in [0.5, 0.6) is 0 Å². The SMILES string of the molecule is CCCCc1ccc(COC(=O)N[C@@H](CC(C)C)C(=O)NNC(=O)N2C([C]=O)=CSC2N(CC(C)C)C2CC2)nc1. The molecule has 1 aliphatic heterocycles. The molecule has 11 nitrogen and oxygen atoms in total. The van der Waals surface area contributed by atoms with Crippen LogP contribution in [0.1, 0.15) is 78.0 Å². The van der Waals surface area contributed by atoms with Crippen molar-refractivity contribution in [1.29, 1.82) is 0 Å². The molecule has 1 aromatic heterocycles. The van der Waals surface area contributed by atoms with Crippen LogP contribution in [0.25, 0.3) is 0 Å². The molecule has 41 heavy (non-hydrogen) atoms. The number of amides is 4. The van der Waals surface area contributed by atoms with Crippen molar-refractivity contribution in [3.8, 4) is 0 Å². The lowest BCUT2D eigenvalue weighted by molar-refractivity contribution is -0.124. The van der Waals surface area contributed by atoms with Crippen LogP contribution in [0.15, 0.2) is 29.4 Å². The van der Waals surface area contributed by atoms with E-state index in [0.717, 1.165) is 44.2 Å². The Hall–Kier alpha value is -3.12. The minimum Gasteiger partial charge on any atom is -0.443 e. The molecular weight excluding hydrogens is 544 g/mol. The zero-order chi connectivity index (χ0) is 29.9. The zero-order valence-electron chi connectivity index (χ0n) is 24.6. The van der Waals surface area contributed by atoms with Gasteiger partial charge in [-0.25, -0.2) is 15.0 Å². The fraction of sp³-hybridized carbons (Fsp3) is 0.621. The second kappa shape index (κ2) is 15.8. The first-order chi connectivity index (χ1) is 19.6. The van der Waals surface area contributed by atoms with Crippen LogP contribution in [0.3, 0.4) is 0 Å². The van der Waals surface area contributed by atoms with Crippen LogP contribution in [0, 0.1) is 11.8 Å². The lowest BCUT2D eigenvalue weighted by Gasteiger charge is -2.36. The normalized spacial score (nSPS) is 17.4. The van der Waals surface area contributed by atoms with E-state index in [0.29, 0.717) is 24.1 Å². The van der Waals surface area contributed by atoms with Crippen molar-refractivity contribution >= 4 is 36.1 Å². The Bertz CT molecular complexity index is 1080. The molecule has 1 fully saturated rings. The van der Waals surface area contributed by atoms with Crippen molar-refractivity contribution in [2.75, 3.05) is 6.54 Å². The van der Waals surface area contributed by atoms with E-state index in [1.165, 1.54) is 16.7 Å². The molecule has 4 amide bonds. The van der Waals surface area contributed by atoms with Gasteiger partial charge in [0.2, 0.25) is 0 Å². The summed E-state index contributed by atoms with van der Waals surface area (Å²) in [5.74, 6) is -0.165. The van der Waals surface area contributed by atoms with Crippen molar-refractivity contribution in [3.63, 3.8) is 0 Å². The summed E-state index contributed by atoms with van der Waals surface area (Å²) in [7, 11) is 0. The van der Waals surface area contributed by atoms with Gasteiger partial charge in [-0.2, -0.15) is 0 Å². The number of unbranched alkanes of at least 4 members (excludes halogenated alkanes) is 1. The van der Waals surface area contributed by atoms with Gasteiger partial charge in [0.05, 0.1) is 5.69 Å². The van der Waals surface area contributed by atoms with Crippen molar-refractivity contribution < 1.29 is 23.9 Å². The van der Waals surface area contributed by atoms with E-state index < -0.39 is 29.6 Å². The van der Waals surface area contributed by atoms with Crippen LogP contribution in [-0.4, -0.2) is 63.2 Å². The van der Waals surface area contributed by atoms with Crippen LogP contribution in [-0.2, 0) is 27.4 Å². The first-order valence-corrected chi connectivity index (χ1v) is 15.3. The van der Waals surface area contributed by atoms with Gasteiger partial charge in [0.1, 0.15) is 23.8 Å². The molecule has 1 aliphatic carbocycles.